The molecule has 2 nitrogen and oxygen atoms in total. The van der Waals surface area contributed by atoms with Gasteiger partial charge in [-0.3, -0.25) is 4.79 Å². The number of alkyl halides is 2. The Hall–Kier alpha value is -1.51. The molecule has 1 fully saturated rings. The highest BCUT2D eigenvalue weighted by molar-refractivity contribution is 6.53. The van der Waals surface area contributed by atoms with Crippen LogP contribution >= 0.6 is 23.2 Å². The van der Waals surface area contributed by atoms with Crippen LogP contribution in [-0.2, 0) is 4.79 Å². The third-order valence-electron chi connectivity index (χ3n) is 4.42. The summed E-state index contributed by atoms with van der Waals surface area (Å²) >= 11 is 12.8. The standard InChI is InChI=1S/C19H19Cl2NO/c1-11-9-12(2)17(13(3)10-11)22-18(23)16-15(19(16,20)21)14-7-5-4-6-8-14/h4-10,15-16H,1-3H3,(H,22,23). The van der Waals surface area contributed by atoms with Crippen LogP contribution in [-0.4, -0.2) is 10.2 Å². The maximum absolute atomic E-state index is 12.7. The molecular formula is C19H19Cl2NO. The van der Waals surface area contributed by atoms with E-state index < -0.39 is 10.3 Å². The van der Waals surface area contributed by atoms with Gasteiger partial charge in [0.25, 0.3) is 0 Å². The lowest BCUT2D eigenvalue weighted by Gasteiger charge is -2.13. The molecule has 2 unspecified atom stereocenters. The van der Waals surface area contributed by atoms with Crippen LogP contribution in [0.4, 0.5) is 5.69 Å². The van der Waals surface area contributed by atoms with Gasteiger partial charge in [-0.15, -0.1) is 23.2 Å². The second-order valence-corrected chi connectivity index (χ2v) is 7.75. The zero-order valence-corrected chi connectivity index (χ0v) is 14.9. The van der Waals surface area contributed by atoms with Gasteiger partial charge in [-0.25, -0.2) is 0 Å². The largest absolute Gasteiger partial charge is 0.325 e. The van der Waals surface area contributed by atoms with Crippen molar-refractivity contribution in [2.45, 2.75) is 31.0 Å². The van der Waals surface area contributed by atoms with E-state index in [4.69, 9.17) is 23.2 Å². The van der Waals surface area contributed by atoms with E-state index in [9.17, 15) is 4.79 Å². The van der Waals surface area contributed by atoms with E-state index in [-0.39, 0.29) is 11.8 Å². The highest BCUT2D eigenvalue weighted by atomic mass is 35.5. The number of halogens is 2. The Bertz CT molecular complexity index is 732. The summed E-state index contributed by atoms with van der Waals surface area (Å²) in [6, 6.07) is 13.8. The molecule has 1 aliphatic rings. The van der Waals surface area contributed by atoms with Crippen molar-refractivity contribution in [1.29, 1.82) is 0 Å². The SMILES string of the molecule is Cc1cc(C)c(NC(=O)C2C(c3ccccc3)C2(Cl)Cl)c(C)c1. The number of anilines is 1. The third kappa shape index (κ3) is 2.98. The van der Waals surface area contributed by atoms with Crippen molar-refractivity contribution in [3.8, 4) is 0 Å². The molecule has 0 heterocycles. The van der Waals surface area contributed by atoms with Gasteiger partial charge < -0.3 is 5.32 Å². The number of rotatable bonds is 3. The second kappa shape index (κ2) is 5.85. The topological polar surface area (TPSA) is 29.1 Å². The number of hydrogen-bond acceptors (Lipinski definition) is 1. The van der Waals surface area contributed by atoms with Crippen molar-refractivity contribution in [3.05, 3.63) is 64.7 Å². The molecule has 2 aromatic carbocycles. The van der Waals surface area contributed by atoms with E-state index in [0.717, 1.165) is 22.4 Å². The average molecular weight is 348 g/mol. The van der Waals surface area contributed by atoms with Gasteiger partial charge in [0.2, 0.25) is 5.91 Å². The van der Waals surface area contributed by atoms with E-state index in [0.29, 0.717) is 0 Å². The molecule has 0 aromatic heterocycles. The van der Waals surface area contributed by atoms with Crippen LogP contribution in [0.2, 0.25) is 0 Å². The molecule has 0 aliphatic heterocycles. The van der Waals surface area contributed by atoms with Crippen molar-refractivity contribution in [3.63, 3.8) is 0 Å². The summed E-state index contributed by atoms with van der Waals surface area (Å²) in [6.45, 7) is 6.03. The Morgan fingerprint density at radius 2 is 1.61 bits per heavy atom. The lowest BCUT2D eigenvalue weighted by molar-refractivity contribution is -0.117. The normalized spacial score (nSPS) is 21.8. The smallest absolute Gasteiger partial charge is 0.231 e. The first kappa shape index (κ1) is 16.4. The zero-order valence-electron chi connectivity index (χ0n) is 13.4. The fourth-order valence-electron chi connectivity index (χ4n) is 3.31. The number of carbonyl (C=O) groups excluding carboxylic acids is 1. The molecule has 0 radical (unpaired) electrons. The Morgan fingerprint density at radius 1 is 1.04 bits per heavy atom. The van der Waals surface area contributed by atoms with Crippen LogP contribution < -0.4 is 5.32 Å². The predicted octanol–water partition coefficient (Wildman–Crippen LogP) is 5.14. The molecule has 23 heavy (non-hydrogen) atoms. The highest BCUT2D eigenvalue weighted by Gasteiger charge is 2.67. The summed E-state index contributed by atoms with van der Waals surface area (Å²) in [5, 5.41) is 3.02. The lowest BCUT2D eigenvalue weighted by Crippen LogP contribution is -2.18. The summed E-state index contributed by atoms with van der Waals surface area (Å²) in [6.07, 6.45) is 0. The van der Waals surface area contributed by atoms with Gasteiger partial charge in [0, 0.05) is 11.6 Å². The first-order chi connectivity index (χ1) is 10.8. The second-order valence-electron chi connectivity index (χ2n) is 6.30. The fourth-order valence-corrected chi connectivity index (χ4v) is 4.13. The molecule has 2 aromatic rings. The zero-order chi connectivity index (χ0) is 16.8. The molecule has 2 atom stereocenters. The average Bonchev–Trinajstić information content (AvgIpc) is 3.06. The lowest BCUT2D eigenvalue weighted by atomic mass is 10.0. The molecule has 1 aliphatic carbocycles. The van der Waals surface area contributed by atoms with Gasteiger partial charge >= 0.3 is 0 Å². The number of amides is 1. The van der Waals surface area contributed by atoms with Gasteiger partial charge in [-0.05, 0) is 37.5 Å². The quantitative estimate of drug-likeness (QED) is 0.765. The van der Waals surface area contributed by atoms with Gasteiger partial charge in [-0.2, -0.15) is 0 Å². The first-order valence-corrected chi connectivity index (χ1v) is 8.39. The maximum atomic E-state index is 12.7. The molecule has 0 bridgehead atoms. The monoisotopic (exact) mass is 347 g/mol. The molecule has 3 rings (SSSR count). The van der Waals surface area contributed by atoms with Crippen molar-refractivity contribution < 1.29 is 4.79 Å². The van der Waals surface area contributed by atoms with Crippen LogP contribution in [0.5, 0.6) is 0 Å². The molecule has 1 saturated carbocycles. The first-order valence-electron chi connectivity index (χ1n) is 7.64. The number of carbonyl (C=O) groups is 1. The van der Waals surface area contributed by atoms with Crippen molar-refractivity contribution in [2.24, 2.45) is 5.92 Å². The number of hydrogen-bond donors (Lipinski definition) is 1. The van der Waals surface area contributed by atoms with Crippen LogP contribution in [0.15, 0.2) is 42.5 Å². The van der Waals surface area contributed by atoms with Crippen molar-refractivity contribution >= 4 is 34.8 Å². The molecule has 1 amide bonds. The summed E-state index contributed by atoms with van der Waals surface area (Å²) < 4.78 is -1.04. The molecule has 0 saturated heterocycles. The summed E-state index contributed by atoms with van der Waals surface area (Å²) in [7, 11) is 0. The summed E-state index contributed by atoms with van der Waals surface area (Å²) in [4.78, 5) is 12.7. The summed E-state index contributed by atoms with van der Waals surface area (Å²) in [5.74, 6) is -0.731. The molecular weight excluding hydrogens is 329 g/mol. The van der Waals surface area contributed by atoms with Crippen LogP contribution in [0.3, 0.4) is 0 Å². The maximum Gasteiger partial charge on any atom is 0.231 e. The Balaban J connectivity index is 1.82. The van der Waals surface area contributed by atoms with E-state index in [1.54, 1.807) is 0 Å². The third-order valence-corrected chi connectivity index (χ3v) is 5.36. The van der Waals surface area contributed by atoms with Gasteiger partial charge in [-0.1, -0.05) is 48.0 Å². The highest BCUT2D eigenvalue weighted by Crippen LogP contribution is 2.65. The van der Waals surface area contributed by atoms with Gasteiger partial charge in [0.05, 0.1) is 5.92 Å². The Labute approximate surface area is 146 Å². The molecule has 0 spiro atoms. The minimum absolute atomic E-state index is 0.126. The number of aryl methyl sites for hydroxylation is 3. The molecule has 1 N–H and O–H groups in total. The molecule has 120 valence electrons. The Morgan fingerprint density at radius 3 is 2.17 bits per heavy atom. The van der Waals surface area contributed by atoms with Crippen molar-refractivity contribution in [1.82, 2.24) is 0 Å². The fraction of sp³-hybridized carbons (Fsp3) is 0.316. The van der Waals surface area contributed by atoms with Gasteiger partial charge in [0.1, 0.15) is 4.33 Å². The predicted molar refractivity (Wildman–Crippen MR) is 96.4 cm³/mol. The van der Waals surface area contributed by atoms with Crippen LogP contribution in [0, 0.1) is 26.7 Å². The van der Waals surface area contributed by atoms with E-state index in [1.807, 2.05) is 51.1 Å². The van der Waals surface area contributed by atoms with Gasteiger partial charge in [0.15, 0.2) is 0 Å². The van der Waals surface area contributed by atoms with Crippen LogP contribution in [0.1, 0.15) is 28.2 Å². The minimum atomic E-state index is -1.04. The van der Waals surface area contributed by atoms with Crippen molar-refractivity contribution in [2.75, 3.05) is 5.32 Å². The van der Waals surface area contributed by atoms with E-state index >= 15 is 0 Å². The summed E-state index contributed by atoms with van der Waals surface area (Å²) in [5.41, 5.74) is 5.11. The van der Waals surface area contributed by atoms with E-state index in [2.05, 4.69) is 17.4 Å². The minimum Gasteiger partial charge on any atom is -0.325 e. The molecule has 4 heteroatoms. The number of benzene rings is 2. The van der Waals surface area contributed by atoms with Crippen LogP contribution in [0.25, 0.3) is 0 Å². The Kier molecular flexibility index (Phi) is 4.16. The van der Waals surface area contributed by atoms with E-state index in [1.165, 1.54) is 5.56 Å². The number of nitrogens with one attached hydrogen (secondary N) is 1.